The van der Waals surface area contributed by atoms with Gasteiger partial charge < -0.3 is 15.4 Å². The molecule has 0 saturated carbocycles. The monoisotopic (exact) mass is 361 g/mol. The van der Waals surface area contributed by atoms with Gasteiger partial charge in [-0.05, 0) is 48.3 Å². The third kappa shape index (κ3) is 4.77. The van der Waals surface area contributed by atoms with Crippen LogP contribution in [0.15, 0.2) is 41.8 Å². The maximum atomic E-state index is 5.49. The third-order valence-electron chi connectivity index (χ3n) is 4.09. The van der Waals surface area contributed by atoms with Crippen molar-refractivity contribution in [3.05, 3.63) is 52.2 Å². The number of thiophene rings is 1. The van der Waals surface area contributed by atoms with Gasteiger partial charge in [0.2, 0.25) is 0 Å². The molecule has 1 aliphatic rings. The molecule has 3 rings (SSSR count). The molecular weight excluding hydrogens is 338 g/mol. The van der Waals surface area contributed by atoms with Crippen molar-refractivity contribution in [3.8, 4) is 0 Å². The van der Waals surface area contributed by atoms with Gasteiger partial charge in [-0.1, -0.05) is 18.2 Å². The highest BCUT2D eigenvalue weighted by Crippen LogP contribution is 2.25. The molecule has 1 aromatic carbocycles. The fourth-order valence-corrected chi connectivity index (χ4v) is 3.93. The largest absolute Gasteiger partial charge is 0.379 e. The summed E-state index contributed by atoms with van der Waals surface area (Å²) in [4.78, 5) is 3.83. The number of benzene rings is 1. The van der Waals surface area contributed by atoms with Gasteiger partial charge in [-0.2, -0.15) is 0 Å². The van der Waals surface area contributed by atoms with Crippen molar-refractivity contribution < 1.29 is 4.74 Å². The maximum absolute atomic E-state index is 5.49. The van der Waals surface area contributed by atoms with Crippen molar-refractivity contribution in [1.29, 1.82) is 0 Å². The van der Waals surface area contributed by atoms with Crippen molar-refractivity contribution in [2.24, 2.45) is 0 Å². The summed E-state index contributed by atoms with van der Waals surface area (Å²) >= 11 is 7.26. The number of thiocarbonyl (C=S) groups is 1. The van der Waals surface area contributed by atoms with Gasteiger partial charge in [-0.3, -0.25) is 4.90 Å². The van der Waals surface area contributed by atoms with Crippen molar-refractivity contribution in [2.45, 2.75) is 13.0 Å². The summed E-state index contributed by atoms with van der Waals surface area (Å²) in [6, 6.07) is 12.9. The van der Waals surface area contributed by atoms with E-state index in [1.54, 1.807) is 11.3 Å². The Morgan fingerprint density at radius 3 is 2.83 bits per heavy atom. The van der Waals surface area contributed by atoms with Crippen LogP contribution in [0.5, 0.6) is 0 Å². The van der Waals surface area contributed by atoms with Crippen LogP contribution in [-0.2, 0) is 4.74 Å². The van der Waals surface area contributed by atoms with Crippen LogP contribution in [0.2, 0.25) is 0 Å². The summed E-state index contributed by atoms with van der Waals surface area (Å²) in [5.74, 6) is 0. The molecule has 2 aromatic rings. The highest BCUT2D eigenvalue weighted by Gasteiger charge is 2.23. The van der Waals surface area contributed by atoms with E-state index in [0.29, 0.717) is 11.2 Å². The first-order valence-corrected chi connectivity index (χ1v) is 9.48. The number of rotatable bonds is 5. The van der Waals surface area contributed by atoms with Crippen LogP contribution in [0.3, 0.4) is 0 Å². The second kappa shape index (κ2) is 8.58. The predicted octanol–water partition coefficient (Wildman–Crippen LogP) is 3.42. The van der Waals surface area contributed by atoms with Gasteiger partial charge in [0.15, 0.2) is 5.11 Å². The van der Waals surface area contributed by atoms with Crippen molar-refractivity contribution in [1.82, 2.24) is 10.2 Å². The van der Waals surface area contributed by atoms with Gasteiger partial charge in [0.05, 0.1) is 19.3 Å². The summed E-state index contributed by atoms with van der Waals surface area (Å²) in [5, 5.41) is 9.44. The van der Waals surface area contributed by atoms with Crippen LogP contribution < -0.4 is 10.6 Å². The first-order chi connectivity index (χ1) is 11.7. The van der Waals surface area contributed by atoms with E-state index in [2.05, 4.69) is 52.1 Å². The molecule has 128 valence electrons. The van der Waals surface area contributed by atoms with Crippen LogP contribution in [0.25, 0.3) is 0 Å². The predicted molar refractivity (Wildman–Crippen MR) is 105 cm³/mol. The van der Waals surface area contributed by atoms with E-state index < -0.39 is 0 Å². The molecule has 6 heteroatoms. The normalized spacial score (nSPS) is 16.5. The van der Waals surface area contributed by atoms with E-state index >= 15 is 0 Å². The zero-order valence-corrected chi connectivity index (χ0v) is 15.5. The zero-order chi connectivity index (χ0) is 16.8. The van der Waals surface area contributed by atoms with Gasteiger partial charge in [-0.25, -0.2) is 0 Å². The van der Waals surface area contributed by atoms with Crippen LogP contribution >= 0.6 is 23.6 Å². The Bertz CT molecular complexity index is 654. The second-order valence-electron chi connectivity index (χ2n) is 5.88. The Morgan fingerprint density at radius 1 is 1.29 bits per heavy atom. The summed E-state index contributed by atoms with van der Waals surface area (Å²) in [7, 11) is 0. The number of hydrogen-bond donors (Lipinski definition) is 2. The lowest BCUT2D eigenvalue weighted by atomic mass is 10.2. The molecule has 2 N–H and O–H groups in total. The minimum atomic E-state index is 0.325. The number of nitrogens with zero attached hydrogens (tertiary/aromatic N) is 1. The third-order valence-corrected chi connectivity index (χ3v) is 5.31. The van der Waals surface area contributed by atoms with Crippen LogP contribution in [-0.4, -0.2) is 42.9 Å². The molecule has 0 amide bonds. The topological polar surface area (TPSA) is 36.5 Å². The quantitative estimate of drug-likeness (QED) is 0.798. The number of aryl methyl sites for hydroxylation is 1. The number of hydrogen-bond acceptors (Lipinski definition) is 4. The van der Waals surface area contributed by atoms with Gasteiger partial charge >= 0.3 is 0 Å². The minimum absolute atomic E-state index is 0.325. The van der Waals surface area contributed by atoms with E-state index in [1.807, 2.05) is 12.1 Å². The number of ether oxygens (including phenoxy) is 1. The van der Waals surface area contributed by atoms with E-state index in [0.717, 1.165) is 38.5 Å². The fraction of sp³-hybridized carbons (Fsp3) is 0.389. The highest BCUT2D eigenvalue weighted by atomic mass is 32.1. The molecule has 2 heterocycles. The van der Waals surface area contributed by atoms with E-state index in [1.165, 1.54) is 10.4 Å². The molecule has 1 aliphatic heterocycles. The van der Waals surface area contributed by atoms with Gasteiger partial charge in [0, 0.05) is 30.2 Å². The van der Waals surface area contributed by atoms with Crippen molar-refractivity contribution in [3.63, 3.8) is 0 Å². The fourth-order valence-electron chi connectivity index (χ4n) is 2.87. The smallest absolute Gasteiger partial charge is 0.170 e. The zero-order valence-electron chi connectivity index (χ0n) is 13.8. The molecule has 4 nitrogen and oxygen atoms in total. The number of morpholine rings is 1. The summed E-state index contributed by atoms with van der Waals surface area (Å²) in [6.45, 7) is 6.39. The SMILES string of the molecule is Cc1cccc(NC(=S)NC[C@@H](c2cccs2)N2CCOCC2)c1. The molecule has 1 atom stereocenters. The van der Waals surface area contributed by atoms with Crippen LogP contribution in [0, 0.1) is 6.92 Å². The lowest BCUT2D eigenvalue weighted by Crippen LogP contribution is -2.44. The molecular formula is C18H23N3OS2. The van der Waals surface area contributed by atoms with E-state index in [-0.39, 0.29) is 0 Å². The van der Waals surface area contributed by atoms with Crippen LogP contribution in [0.4, 0.5) is 5.69 Å². The van der Waals surface area contributed by atoms with Crippen molar-refractivity contribution in [2.75, 3.05) is 38.2 Å². The molecule has 0 aliphatic carbocycles. The summed E-state index contributed by atoms with van der Waals surface area (Å²) < 4.78 is 5.49. The second-order valence-corrected chi connectivity index (χ2v) is 7.27. The average Bonchev–Trinajstić information content (AvgIpc) is 3.10. The first-order valence-electron chi connectivity index (χ1n) is 8.19. The minimum Gasteiger partial charge on any atom is -0.379 e. The molecule has 24 heavy (non-hydrogen) atoms. The first kappa shape index (κ1) is 17.4. The molecule has 0 unspecified atom stereocenters. The lowest BCUT2D eigenvalue weighted by molar-refractivity contribution is 0.0177. The van der Waals surface area contributed by atoms with E-state index in [4.69, 9.17) is 17.0 Å². The Balaban J connectivity index is 1.59. The Morgan fingerprint density at radius 2 is 2.12 bits per heavy atom. The lowest BCUT2D eigenvalue weighted by Gasteiger charge is -2.34. The molecule has 1 aromatic heterocycles. The van der Waals surface area contributed by atoms with Gasteiger partial charge in [0.1, 0.15) is 0 Å². The van der Waals surface area contributed by atoms with Crippen LogP contribution in [0.1, 0.15) is 16.5 Å². The average molecular weight is 362 g/mol. The molecule has 1 saturated heterocycles. The highest BCUT2D eigenvalue weighted by molar-refractivity contribution is 7.80. The number of nitrogens with one attached hydrogen (secondary N) is 2. The van der Waals surface area contributed by atoms with Crippen molar-refractivity contribution >= 4 is 34.4 Å². The summed E-state index contributed by atoms with van der Waals surface area (Å²) in [6.07, 6.45) is 0. The Hall–Kier alpha value is -1.47. The Labute approximate surface area is 152 Å². The number of anilines is 1. The molecule has 0 radical (unpaired) electrons. The molecule has 0 bridgehead atoms. The van der Waals surface area contributed by atoms with Gasteiger partial charge in [0.25, 0.3) is 0 Å². The van der Waals surface area contributed by atoms with Gasteiger partial charge in [-0.15, -0.1) is 11.3 Å². The maximum Gasteiger partial charge on any atom is 0.170 e. The Kier molecular flexibility index (Phi) is 6.20. The standard InChI is InChI=1S/C18H23N3OS2/c1-14-4-2-5-15(12-14)20-18(23)19-13-16(17-6-3-11-24-17)21-7-9-22-10-8-21/h2-6,11-12,16H,7-10,13H2,1H3,(H2,19,20,23)/t16-/m0/s1. The molecule has 0 spiro atoms. The summed E-state index contributed by atoms with van der Waals surface area (Å²) in [5.41, 5.74) is 2.24. The van der Waals surface area contributed by atoms with E-state index in [9.17, 15) is 0 Å². The molecule has 1 fully saturated rings.